The summed E-state index contributed by atoms with van der Waals surface area (Å²) in [4.78, 5) is 7.29. The molecule has 4 aromatic rings. The summed E-state index contributed by atoms with van der Waals surface area (Å²) in [6, 6.07) is 29.2. The smallest absolute Gasteiger partial charge is 0.128 e. The molecule has 3 nitrogen and oxygen atoms in total. The molecule has 1 aliphatic heterocycles. The first-order chi connectivity index (χ1) is 14.7. The normalized spacial score (nSPS) is 16.2. The minimum absolute atomic E-state index is 0.680. The van der Waals surface area contributed by atoms with Gasteiger partial charge in [0.25, 0.3) is 0 Å². The molecule has 0 spiro atoms. The summed E-state index contributed by atoms with van der Waals surface area (Å²) in [5, 5.41) is 1.16. The van der Waals surface area contributed by atoms with Crippen LogP contribution < -0.4 is 9.64 Å². The van der Waals surface area contributed by atoms with Crippen molar-refractivity contribution in [3.8, 4) is 11.5 Å². The largest absolute Gasteiger partial charge is 0.457 e. The Balaban J connectivity index is 1.42. The van der Waals surface area contributed by atoms with E-state index in [9.17, 15) is 0 Å². The van der Waals surface area contributed by atoms with E-state index >= 15 is 0 Å². The number of aryl methyl sites for hydroxylation is 1. The van der Waals surface area contributed by atoms with Crippen LogP contribution in [0.15, 0.2) is 84.9 Å². The fraction of sp³-hybridized carbons (Fsp3) is 0.222. The molecule has 0 aliphatic carbocycles. The second kappa shape index (κ2) is 8.19. The Morgan fingerprint density at radius 2 is 1.67 bits per heavy atom. The van der Waals surface area contributed by atoms with Crippen molar-refractivity contribution < 1.29 is 4.74 Å². The van der Waals surface area contributed by atoms with E-state index in [1.54, 1.807) is 0 Å². The Bertz CT molecular complexity index is 1140. The third-order valence-corrected chi connectivity index (χ3v) is 5.86. The molecule has 0 bridgehead atoms. The van der Waals surface area contributed by atoms with Gasteiger partial charge in [0, 0.05) is 29.9 Å². The molecule has 5 rings (SSSR count). The van der Waals surface area contributed by atoms with Crippen molar-refractivity contribution in [3.05, 3.63) is 96.2 Å². The Kier molecular flexibility index (Phi) is 5.10. The zero-order chi connectivity index (χ0) is 20.3. The zero-order valence-electron chi connectivity index (χ0n) is 17.3. The van der Waals surface area contributed by atoms with Crippen molar-refractivity contribution in [1.29, 1.82) is 0 Å². The number of fused-ring (bicyclic) bond motifs is 1. The predicted octanol–water partition coefficient (Wildman–Crippen LogP) is 6.40. The molecule has 1 aromatic heterocycles. The minimum atomic E-state index is 0.680. The number of anilines is 1. The molecule has 150 valence electrons. The van der Waals surface area contributed by atoms with Crippen LogP contribution in [0.1, 0.15) is 17.7 Å². The summed E-state index contributed by atoms with van der Waals surface area (Å²) in [6.45, 7) is 4.24. The molecular weight excluding hydrogens is 368 g/mol. The first kappa shape index (κ1) is 18.7. The lowest BCUT2D eigenvalue weighted by molar-refractivity contribution is 0.483. The summed E-state index contributed by atoms with van der Waals surface area (Å²) in [7, 11) is 0. The molecule has 3 aromatic carbocycles. The Hall–Kier alpha value is -3.33. The Morgan fingerprint density at radius 3 is 2.47 bits per heavy atom. The highest BCUT2D eigenvalue weighted by atomic mass is 16.5. The number of aromatic nitrogens is 1. The third kappa shape index (κ3) is 4.02. The van der Waals surface area contributed by atoms with Crippen LogP contribution in [0, 0.1) is 12.8 Å². The molecule has 1 saturated heterocycles. The fourth-order valence-electron chi connectivity index (χ4n) is 4.43. The predicted molar refractivity (Wildman–Crippen MR) is 123 cm³/mol. The summed E-state index contributed by atoms with van der Waals surface area (Å²) >= 11 is 0. The van der Waals surface area contributed by atoms with Gasteiger partial charge in [-0.15, -0.1) is 0 Å². The second-order valence-corrected chi connectivity index (χ2v) is 8.17. The third-order valence-electron chi connectivity index (χ3n) is 5.86. The van der Waals surface area contributed by atoms with Crippen LogP contribution >= 0.6 is 0 Å². The number of ether oxygens (including phenoxy) is 1. The molecule has 0 radical (unpaired) electrons. The van der Waals surface area contributed by atoms with Crippen molar-refractivity contribution in [2.45, 2.75) is 19.8 Å². The van der Waals surface area contributed by atoms with Crippen molar-refractivity contribution in [3.63, 3.8) is 0 Å². The van der Waals surface area contributed by atoms with Crippen molar-refractivity contribution >= 4 is 16.6 Å². The topological polar surface area (TPSA) is 25.4 Å². The van der Waals surface area contributed by atoms with Crippen molar-refractivity contribution in [2.24, 2.45) is 5.92 Å². The van der Waals surface area contributed by atoms with E-state index in [1.165, 1.54) is 17.7 Å². The molecule has 1 unspecified atom stereocenters. The number of benzene rings is 3. The van der Waals surface area contributed by atoms with E-state index in [2.05, 4.69) is 60.4 Å². The van der Waals surface area contributed by atoms with Gasteiger partial charge < -0.3 is 9.64 Å². The minimum Gasteiger partial charge on any atom is -0.457 e. The molecule has 2 heterocycles. The first-order valence-electron chi connectivity index (χ1n) is 10.7. The van der Waals surface area contributed by atoms with E-state index < -0.39 is 0 Å². The van der Waals surface area contributed by atoms with Gasteiger partial charge >= 0.3 is 0 Å². The van der Waals surface area contributed by atoms with Gasteiger partial charge in [0.1, 0.15) is 11.5 Å². The molecule has 0 saturated carbocycles. The zero-order valence-corrected chi connectivity index (χ0v) is 17.3. The summed E-state index contributed by atoms with van der Waals surface area (Å²) < 4.78 is 6.09. The molecule has 1 aliphatic rings. The molecule has 1 atom stereocenters. The monoisotopic (exact) mass is 394 g/mol. The maximum absolute atomic E-state index is 6.09. The highest BCUT2D eigenvalue weighted by Gasteiger charge is 2.24. The van der Waals surface area contributed by atoms with Crippen LogP contribution in [0.5, 0.6) is 11.5 Å². The van der Waals surface area contributed by atoms with Gasteiger partial charge in [-0.2, -0.15) is 0 Å². The van der Waals surface area contributed by atoms with Crippen LogP contribution in [0.4, 0.5) is 5.69 Å². The van der Waals surface area contributed by atoms with Gasteiger partial charge in [-0.05, 0) is 67.6 Å². The average molecular weight is 395 g/mol. The van der Waals surface area contributed by atoms with Gasteiger partial charge in [-0.1, -0.05) is 48.5 Å². The van der Waals surface area contributed by atoms with Crippen LogP contribution in [0.25, 0.3) is 10.9 Å². The molecule has 3 heteroatoms. The molecule has 0 N–H and O–H groups in total. The van der Waals surface area contributed by atoms with E-state index in [-0.39, 0.29) is 0 Å². The lowest BCUT2D eigenvalue weighted by Crippen LogP contribution is -2.20. The average Bonchev–Trinajstić information content (AvgIpc) is 3.23. The second-order valence-electron chi connectivity index (χ2n) is 8.17. The quantitative estimate of drug-likeness (QED) is 0.391. The number of pyridine rings is 1. The molecule has 0 amide bonds. The lowest BCUT2D eigenvalue weighted by Gasteiger charge is -2.22. The summed E-state index contributed by atoms with van der Waals surface area (Å²) in [5.74, 6) is 2.38. The number of rotatable bonds is 5. The van der Waals surface area contributed by atoms with E-state index in [1.807, 2.05) is 36.4 Å². The van der Waals surface area contributed by atoms with Gasteiger partial charge in [0.15, 0.2) is 0 Å². The number of hydrogen-bond acceptors (Lipinski definition) is 3. The van der Waals surface area contributed by atoms with Gasteiger partial charge in [0.2, 0.25) is 0 Å². The van der Waals surface area contributed by atoms with E-state index in [0.717, 1.165) is 47.6 Å². The van der Waals surface area contributed by atoms with Crippen LogP contribution in [0.2, 0.25) is 0 Å². The SMILES string of the molecule is Cc1cc(N2CCC(Cc3ccccc3)C2)c2cc(Oc3ccccc3)ccc2n1. The standard InChI is InChI=1S/C27H26N2O/c1-20-16-27(29-15-14-22(19-29)17-21-8-4-2-5-9-21)25-18-24(12-13-26(25)28-20)30-23-10-6-3-7-11-23/h2-13,16,18,22H,14-15,17,19H2,1H3. The lowest BCUT2D eigenvalue weighted by atomic mass is 9.99. The molecule has 30 heavy (non-hydrogen) atoms. The fourth-order valence-corrected chi connectivity index (χ4v) is 4.43. The number of hydrogen-bond donors (Lipinski definition) is 0. The highest BCUT2D eigenvalue weighted by Crippen LogP contribution is 2.35. The summed E-state index contributed by atoms with van der Waals surface area (Å²) in [5.41, 5.74) is 4.78. The van der Waals surface area contributed by atoms with Crippen LogP contribution in [-0.4, -0.2) is 18.1 Å². The number of nitrogens with zero attached hydrogens (tertiary/aromatic N) is 2. The van der Waals surface area contributed by atoms with E-state index in [4.69, 9.17) is 9.72 Å². The highest BCUT2D eigenvalue weighted by molar-refractivity contribution is 5.93. The maximum atomic E-state index is 6.09. The van der Waals surface area contributed by atoms with Gasteiger partial charge in [-0.3, -0.25) is 4.98 Å². The molecular formula is C27H26N2O. The molecule has 1 fully saturated rings. The van der Waals surface area contributed by atoms with Gasteiger partial charge in [-0.25, -0.2) is 0 Å². The van der Waals surface area contributed by atoms with E-state index in [0.29, 0.717) is 5.92 Å². The van der Waals surface area contributed by atoms with Crippen molar-refractivity contribution in [1.82, 2.24) is 4.98 Å². The Morgan fingerprint density at radius 1 is 0.900 bits per heavy atom. The van der Waals surface area contributed by atoms with Crippen LogP contribution in [-0.2, 0) is 6.42 Å². The van der Waals surface area contributed by atoms with Crippen LogP contribution in [0.3, 0.4) is 0 Å². The van der Waals surface area contributed by atoms with Gasteiger partial charge in [0.05, 0.1) is 5.52 Å². The Labute approximate surface area is 178 Å². The van der Waals surface area contributed by atoms with Crippen molar-refractivity contribution in [2.75, 3.05) is 18.0 Å². The maximum Gasteiger partial charge on any atom is 0.128 e. The summed E-state index contributed by atoms with van der Waals surface area (Å²) in [6.07, 6.45) is 2.36. The number of para-hydroxylation sites is 1. The first-order valence-corrected chi connectivity index (χ1v) is 10.7.